The summed E-state index contributed by atoms with van der Waals surface area (Å²) >= 11 is 0. The Kier molecular flexibility index (Phi) is 2.21. The Hall–Kier alpha value is -1.35. The van der Waals surface area contributed by atoms with Crippen LogP contribution in [0.2, 0.25) is 0 Å². The maximum absolute atomic E-state index is 11.9. The van der Waals surface area contributed by atoms with Crippen LogP contribution in [0.25, 0.3) is 0 Å². The molecule has 2 N–H and O–H groups in total. The number of fused-ring (bicyclic) bond motifs is 1. The first-order chi connectivity index (χ1) is 7.79. The Balaban J connectivity index is 1.89. The van der Waals surface area contributed by atoms with Gasteiger partial charge >= 0.3 is 0 Å². The second-order valence-electron chi connectivity index (χ2n) is 4.74. The number of nitrogens with zero attached hydrogens (tertiary/aromatic N) is 1. The first-order valence-electron chi connectivity index (χ1n) is 5.91. The molecule has 1 aliphatic carbocycles. The van der Waals surface area contributed by atoms with Crippen LogP contribution >= 0.6 is 0 Å². The second-order valence-corrected chi connectivity index (χ2v) is 4.74. The molecule has 1 saturated carbocycles. The zero-order valence-electron chi connectivity index (χ0n) is 9.23. The van der Waals surface area contributed by atoms with Crippen LogP contribution < -0.4 is 10.6 Å². The fourth-order valence-electron chi connectivity index (χ4n) is 2.74. The number of hydrogen-bond donors (Lipinski definition) is 1. The van der Waals surface area contributed by atoms with Gasteiger partial charge in [0.15, 0.2) is 0 Å². The number of nitrogens with two attached hydrogens (primary N) is 1. The van der Waals surface area contributed by atoms with Crippen molar-refractivity contribution in [3.05, 3.63) is 29.8 Å². The molecule has 4 rings (SSSR count). The van der Waals surface area contributed by atoms with E-state index >= 15 is 0 Å². The molecule has 2 bridgehead atoms. The summed E-state index contributed by atoms with van der Waals surface area (Å²) in [6.45, 7) is 0.656. The van der Waals surface area contributed by atoms with Crippen molar-refractivity contribution in [2.24, 2.45) is 11.7 Å². The maximum Gasteiger partial charge on any atom is 0.230 e. The summed E-state index contributed by atoms with van der Waals surface area (Å²) in [6, 6.07) is 8.68. The summed E-state index contributed by atoms with van der Waals surface area (Å²) in [7, 11) is 0. The largest absolute Gasteiger partial charge is 0.330 e. The number of anilines is 1. The molecule has 2 saturated heterocycles. The van der Waals surface area contributed by atoms with Crippen molar-refractivity contribution in [3.63, 3.8) is 0 Å². The highest BCUT2D eigenvalue weighted by Gasteiger charge is 2.50. The number of hydrogen-bond acceptors (Lipinski definition) is 2. The predicted octanol–water partition coefficient (Wildman–Crippen LogP) is 1.31. The molecule has 2 heterocycles. The van der Waals surface area contributed by atoms with Crippen LogP contribution in [-0.2, 0) is 11.2 Å². The minimum Gasteiger partial charge on any atom is -0.330 e. The first-order valence-corrected chi connectivity index (χ1v) is 5.91. The van der Waals surface area contributed by atoms with Gasteiger partial charge in [-0.15, -0.1) is 0 Å². The van der Waals surface area contributed by atoms with Gasteiger partial charge in [0.25, 0.3) is 0 Å². The van der Waals surface area contributed by atoms with Crippen molar-refractivity contribution < 1.29 is 4.79 Å². The molecule has 3 nitrogen and oxygen atoms in total. The first kappa shape index (κ1) is 9.85. The summed E-state index contributed by atoms with van der Waals surface area (Å²) in [4.78, 5) is 13.9. The molecule has 2 aliphatic heterocycles. The highest BCUT2D eigenvalue weighted by atomic mass is 16.2. The second kappa shape index (κ2) is 3.59. The summed E-state index contributed by atoms with van der Waals surface area (Å²) in [5.41, 5.74) is 7.82. The van der Waals surface area contributed by atoms with E-state index < -0.39 is 0 Å². The number of carbonyl (C=O) groups excluding carboxylic acids is 1. The van der Waals surface area contributed by atoms with Crippen molar-refractivity contribution in [2.75, 3.05) is 11.4 Å². The monoisotopic (exact) mass is 216 g/mol. The molecule has 84 valence electrons. The third-order valence-corrected chi connectivity index (χ3v) is 3.69. The minimum absolute atomic E-state index is 0.308. The number of rotatable bonds is 3. The van der Waals surface area contributed by atoms with E-state index in [1.165, 1.54) is 5.56 Å². The van der Waals surface area contributed by atoms with Crippen LogP contribution in [0.3, 0.4) is 0 Å². The Morgan fingerprint density at radius 2 is 2.19 bits per heavy atom. The Bertz CT molecular complexity index is 424. The molecule has 0 unspecified atom stereocenters. The molecule has 0 radical (unpaired) electrons. The van der Waals surface area contributed by atoms with Crippen LogP contribution in [0.4, 0.5) is 5.69 Å². The van der Waals surface area contributed by atoms with Crippen LogP contribution in [0.15, 0.2) is 24.3 Å². The molecule has 1 aromatic carbocycles. The third-order valence-electron chi connectivity index (χ3n) is 3.69. The van der Waals surface area contributed by atoms with Gasteiger partial charge in [-0.2, -0.15) is 0 Å². The lowest BCUT2D eigenvalue weighted by Gasteiger charge is -2.25. The van der Waals surface area contributed by atoms with E-state index in [0.717, 1.165) is 24.9 Å². The molecule has 0 spiro atoms. The van der Waals surface area contributed by atoms with Crippen molar-refractivity contribution in [2.45, 2.75) is 25.3 Å². The third kappa shape index (κ3) is 1.35. The zero-order valence-corrected chi connectivity index (χ0v) is 9.23. The molecule has 3 heteroatoms. The lowest BCUT2D eigenvalue weighted by Crippen LogP contribution is -2.29. The quantitative estimate of drug-likeness (QED) is 0.828. The van der Waals surface area contributed by atoms with Gasteiger partial charge in [0, 0.05) is 17.6 Å². The fourth-order valence-corrected chi connectivity index (χ4v) is 2.74. The van der Waals surface area contributed by atoms with Gasteiger partial charge in [-0.3, -0.25) is 4.79 Å². The van der Waals surface area contributed by atoms with E-state index in [2.05, 4.69) is 12.1 Å². The van der Waals surface area contributed by atoms with E-state index in [1.807, 2.05) is 17.0 Å². The average Bonchev–Trinajstić information content (AvgIpc) is 2.70. The number of benzene rings is 1. The van der Waals surface area contributed by atoms with Crippen LogP contribution in [0.5, 0.6) is 0 Å². The van der Waals surface area contributed by atoms with E-state index in [4.69, 9.17) is 5.73 Å². The van der Waals surface area contributed by atoms with Gasteiger partial charge in [0.2, 0.25) is 5.91 Å². The molecule has 3 fully saturated rings. The highest BCUT2D eigenvalue weighted by Crippen LogP contribution is 2.44. The highest BCUT2D eigenvalue weighted by molar-refractivity contribution is 6.00. The van der Waals surface area contributed by atoms with Crippen LogP contribution in [0, 0.1) is 5.92 Å². The van der Waals surface area contributed by atoms with Crippen LogP contribution in [0.1, 0.15) is 18.4 Å². The van der Waals surface area contributed by atoms with E-state index in [0.29, 0.717) is 24.4 Å². The number of carbonyl (C=O) groups is 1. The molecule has 16 heavy (non-hydrogen) atoms. The fraction of sp³-hybridized carbons (Fsp3) is 0.462. The summed E-state index contributed by atoms with van der Waals surface area (Å²) in [6.07, 6.45) is 2.99. The molecular formula is C13H16N2O. The topological polar surface area (TPSA) is 46.3 Å². The van der Waals surface area contributed by atoms with Crippen LogP contribution in [-0.4, -0.2) is 18.5 Å². The lowest BCUT2D eigenvalue weighted by molar-refractivity contribution is -0.119. The standard InChI is InChI=1S/C13H16N2O/c14-5-4-9-2-1-3-11(6-9)15-12-7-10(8-12)13(15)16/h1-3,6,10,12H,4-5,7-8,14H2. The van der Waals surface area contributed by atoms with E-state index in [9.17, 15) is 4.79 Å². The summed E-state index contributed by atoms with van der Waals surface area (Å²) in [5, 5.41) is 0. The molecule has 1 aromatic rings. The smallest absolute Gasteiger partial charge is 0.230 e. The Morgan fingerprint density at radius 3 is 2.81 bits per heavy atom. The van der Waals surface area contributed by atoms with Gasteiger partial charge in [-0.05, 0) is 43.5 Å². The average molecular weight is 216 g/mol. The lowest BCUT2D eigenvalue weighted by atomic mass is 9.86. The summed E-state index contributed by atoms with van der Waals surface area (Å²) < 4.78 is 0. The molecular weight excluding hydrogens is 200 g/mol. The van der Waals surface area contributed by atoms with Crippen molar-refractivity contribution in [1.29, 1.82) is 0 Å². The predicted molar refractivity (Wildman–Crippen MR) is 63.2 cm³/mol. The maximum atomic E-state index is 11.9. The van der Waals surface area contributed by atoms with Gasteiger partial charge in [0.05, 0.1) is 0 Å². The normalized spacial score (nSPS) is 27.1. The Labute approximate surface area is 95.2 Å². The minimum atomic E-state index is 0.308. The zero-order chi connectivity index (χ0) is 11.1. The molecule has 1 amide bonds. The van der Waals surface area contributed by atoms with Gasteiger partial charge in [-0.25, -0.2) is 0 Å². The van der Waals surface area contributed by atoms with Crippen molar-refractivity contribution in [1.82, 2.24) is 0 Å². The molecule has 0 atom stereocenters. The van der Waals surface area contributed by atoms with Gasteiger partial charge < -0.3 is 10.6 Å². The van der Waals surface area contributed by atoms with E-state index in [1.54, 1.807) is 0 Å². The van der Waals surface area contributed by atoms with Crippen molar-refractivity contribution in [3.8, 4) is 0 Å². The van der Waals surface area contributed by atoms with Crippen molar-refractivity contribution >= 4 is 11.6 Å². The summed E-state index contributed by atoms with van der Waals surface area (Å²) in [5.74, 6) is 0.623. The molecule has 0 aromatic heterocycles. The van der Waals surface area contributed by atoms with E-state index in [-0.39, 0.29) is 0 Å². The number of amides is 1. The molecule has 3 aliphatic rings. The Morgan fingerprint density at radius 1 is 1.38 bits per heavy atom. The van der Waals surface area contributed by atoms with Gasteiger partial charge in [0.1, 0.15) is 0 Å². The SMILES string of the molecule is NCCc1cccc(N2C(=O)C3CC2C3)c1. The van der Waals surface area contributed by atoms with Gasteiger partial charge in [-0.1, -0.05) is 12.1 Å².